The van der Waals surface area contributed by atoms with Crippen LogP contribution in [0.4, 0.5) is 19.0 Å². The normalized spacial score (nSPS) is 11.2. The number of amides is 1. The van der Waals surface area contributed by atoms with E-state index in [1.807, 2.05) is 6.92 Å². The van der Waals surface area contributed by atoms with E-state index >= 15 is 0 Å². The van der Waals surface area contributed by atoms with E-state index < -0.39 is 12.6 Å². The van der Waals surface area contributed by atoms with Gasteiger partial charge >= 0.3 is 6.18 Å². The minimum atomic E-state index is -4.18. The molecule has 1 rings (SSSR count). The van der Waals surface area contributed by atoms with Crippen LogP contribution in [0.15, 0.2) is 12.1 Å². The van der Waals surface area contributed by atoms with Gasteiger partial charge in [0, 0.05) is 31.3 Å². The van der Waals surface area contributed by atoms with Gasteiger partial charge < -0.3 is 10.6 Å². The molecule has 112 valence electrons. The Hall–Kier alpha value is -1.79. The minimum absolute atomic E-state index is 0.00296. The van der Waals surface area contributed by atoms with Gasteiger partial charge in [0.05, 0.1) is 0 Å². The molecule has 1 heterocycles. The lowest BCUT2D eigenvalue weighted by atomic mass is 10.1. The molecule has 0 bridgehead atoms. The van der Waals surface area contributed by atoms with E-state index in [4.69, 9.17) is 0 Å². The first-order chi connectivity index (χ1) is 9.35. The van der Waals surface area contributed by atoms with Gasteiger partial charge in [0.2, 0.25) is 0 Å². The van der Waals surface area contributed by atoms with Gasteiger partial charge in [-0.05, 0) is 25.0 Å². The number of rotatable bonds is 6. The molecule has 0 saturated heterocycles. The SMILES string of the molecule is CCc1cc(C(=O)NCCCC(F)(F)F)cc(NC)n1. The summed E-state index contributed by atoms with van der Waals surface area (Å²) in [6, 6.07) is 3.21. The average Bonchev–Trinajstić information content (AvgIpc) is 2.41. The summed E-state index contributed by atoms with van der Waals surface area (Å²) < 4.78 is 35.9. The summed E-state index contributed by atoms with van der Waals surface area (Å²) in [5.74, 6) is 0.172. The Labute approximate surface area is 115 Å². The van der Waals surface area contributed by atoms with Crippen LogP contribution in [0.3, 0.4) is 0 Å². The smallest absolute Gasteiger partial charge is 0.373 e. The van der Waals surface area contributed by atoms with Gasteiger partial charge in [0.15, 0.2) is 0 Å². The van der Waals surface area contributed by atoms with Crippen molar-refractivity contribution in [1.82, 2.24) is 10.3 Å². The van der Waals surface area contributed by atoms with E-state index in [2.05, 4.69) is 15.6 Å². The number of nitrogens with zero attached hydrogens (tertiary/aromatic N) is 1. The number of aryl methyl sites for hydroxylation is 1. The zero-order chi connectivity index (χ0) is 15.2. The van der Waals surface area contributed by atoms with Crippen molar-refractivity contribution >= 4 is 11.7 Å². The van der Waals surface area contributed by atoms with E-state index in [1.165, 1.54) is 0 Å². The Balaban J connectivity index is 2.59. The number of anilines is 1. The topological polar surface area (TPSA) is 54.0 Å². The van der Waals surface area contributed by atoms with Crippen molar-refractivity contribution in [3.63, 3.8) is 0 Å². The first kappa shape index (κ1) is 16.3. The molecule has 7 heteroatoms. The van der Waals surface area contributed by atoms with Gasteiger partial charge in [-0.3, -0.25) is 4.79 Å². The summed E-state index contributed by atoms with van der Waals surface area (Å²) in [6.45, 7) is 1.91. The number of carbonyl (C=O) groups is 1. The highest BCUT2D eigenvalue weighted by atomic mass is 19.4. The molecule has 20 heavy (non-hydrogen) atoms. The zero-order valence-electron chi connectivity index (χ0n) is 11.5. The fraction of sp³-hybridized carbons (Fsp3) is 0.538. The lowest BCUT2D eigenvalue weighted by molar-refractivity contribution is -0.135. The zero-order valence-corrected chi connectivity index (χ0v) is 11.5. The van der Waals surface area contributed by atoms with Crippen LogP contribution < -0.4 is 10.6 Å². The summed E-state index contributed by atoms with van der Waals surface area (Å²) in [7, 11) is 1.69. The van der Waals surface area contributed by atoms with Gasteiger partial charge in [0.1, 0.15) is 5.82 Å². The lowest BCUT2D eigenvalue weighted by Crippen LogP contribution is -2.26. The van der Waals surface area contributed by atoms with Crippen molar-refractivity contribution in [2.75, 3.05) is 18.9 Å². The minimum Gasteiger partial charge on any atom is -0.373 e. The fourth-order valence-electron chi connectivity index (χ4n) is 1.62. The van der Waals surface area contributed by atoms with Crippen LogP contribution in [-0.2, 0) is 6.42 Å². The number of aromatic nitrogens is 1. The first-order valence-electron chi connectivity index (χ1n) is 6.39. The van der Waals surface area contributed by atoms with Crippen LogP contribution in [0, 0.1) is 0 Å². The number of nitrogens with one attached hydrogen (secondary N) is 2. The third kappa shape index (κ3) is 5.46. The molecule has 4 nitrogen and oxygen atoms in total. The van der Waals surface area contributed by atoms with E-state index in [9.17, 15) is 18.0 Å². The number of hydrogen-bond donors (Lipinski definition) is 2. The maximum Gasteiger partial charge on any atom is 0.389 e. The molecule has 0 spiro atoms. The predicted molar refractivity (Wildman–Crippen MR) is 70.8 cm³/mol. The summed E-state index contributed by atoms with van der Waals surface area (Å²) in [5, 5.41) is 5.32. The molecule has 0 aliphatic rings. The molecular formula is C13H18F3N3O. The number of carbonyl (C=O) groups excluding carboxylic acids is 1. The second-order valence-electron chi connectivity index (χ2n) is 4.31. The van der Waals surface area contributed by atoms with Crippen LogP contribution in [-0.4, -0.2) is 30.7 Å². The quantitative estimate of drug-likeness (QED) is 0.792. The maximum absolute atomic E-state index is 12.0. The summed E-state index contributed by atoms with van der Waals surface area (Å²) in [4.78, 5) is 16.1. The summed E-state index contributed by atoms with van der Waals surface area (Å²) in [6.07, 6.45) is -4.54. The molecule has 0 aromatic carbocycles. The Morgan fingerprint density at radius 3 is 2.60 bits per heavy atom. The molecule has 0 radical (unpaired) electrons. The highest BCUT2D eigenvalue weighted by Crippen LogP contribution is 2.20. The van der Waals surface area contributed by atoms with E-state index in [-0.39, 0.29) is 18.9 Å². The number of pyridine rings is 1. The third-order valence-electron chi connectivity index (χ3n) is 2.68. The standard InChI is InChI=1S/C13H18F3N3O/c1-3-10-7-9(8-11(17-2)19-10)12(20)18-6-4-5-13(14,15)16/h7-8H,3-6H2,1-2H3,(H,17,19)(H,18,20). The molecule has 0 unspecified atom stereocenters. The van der Waals surface area contributed by atoms with E-state index in [1.54, 1.807) is 19.2 Å². The van der Waals surface area contributed by atoms with Crippen LogP contribution >= 0.6 is 0 Å². The molecule has 2 N–H and O–H groups in total. The summed E-state index contributed by atoms with van der Waals surface area (Å²) in [5.41, 5.74) is 1.14. The van der Waals surface area contributed by atoms with Gasteiger partial charge in [-0.25, -0.2) is 4.98 Å². The predicted octanol–water partition coefficient (Wildman–Crippen LogP) is 2.76. The molecule has 0 fully saturated rings. The van der Waals surface area contributed by atoms with Crippen molar-refractivity contribution < 1.29 is 18.0 Å². The number of halogens is 3. The highest BCUT2D eigenvalue weighted by Gasteiger charge is 2.26. The second kappa shape index (κ2) is 7.12. The molecule has 1 amide bonds. The Bertz CT molecular complexity index is 438. The maximum atomic E-state index is 12.0. The first-order valence-corrected chi connectivity index (χ1v) is 6.39. The van der Waals surface area contributed by atoms with Crippen molar-refractivity contribution in [1.29, 1.82) is 0 Å². The Morgan fingerprint density at radius 1 is 1.35 bits per heavy atom. The highest BCUT2D eigenvalue weighted by molar-refractivity contribution is 5.94. The van der Waals surface area contributed by atoms with E-state index in [0.29, 0.717) is 17.8 Å². The Morgan fingerprint density at radius 2 is 2.05 bits per heavy atom. The van der Waals surface area contributed by atoms with Gasteiger partial charge in [-0.2, -0.15) is 13.2 Å². The molecule has 1 aromatic heterocycles. The van der Waals surface area contributed by atoms with Crippen molar-refractivity contribution in [2.45, 2.75) is 32.4 Å². The largest absolute Gasteiger partial charge is 0.389 e. The third-order valence-corrected chi connectivity index (χ3v) is 2.68. The molecule has 0 aliphatic heterocycles. The van der Waals surface area contributed by atoms with Crippen LogP contribution in [0.5, 0.6) is 0 Å². The van der Waals surface area contributed by atoms with Gasteiger partial charge in [-0.1, -0.05) is 6.92 Å². The number of hydrogen-bond acceptors (Lipinski definition) is 3. The van der Waals surface area contributed by atoms with Gasteiger partial charge in [-0.15, -0.1) is 0 Å². The van der Waals surface area contributed by atoms with Crippen LogP contribution in [0.25, 0.3) is 0 Å². The monoisotopic (exact) mass is 289 g/mol. The van der Waals surface area contributed by atoms with Crippen molar-refractivity contribution in [3.05, 3.63) is 23.4 Å². The van der Waals surface area contributed by atoms with Crippen LogP contribution in [0.2, 0.25) is 0 Å². The fourth-order valence-corrected chi connectivity index (χ4v) is 1.62. The Kier molecular flexibility index (Phi) is 5.79. The molecule has 0 saturated carbocycles. The molecule has 1 aromatic rings. The number of alkyl halides is 3. The molecule has 0 atom stereocenters. The lowest BCUT2D eigenvalue weighted by Gasteiger charge is -2.09. The average molecular weight is 289 g/mol. The van der Waals surface area contributed by atoms with Crippen molar-refractivity contribution in [2.24, 2.45) is 0 Å². The summed E-state index contributed by atoms with van der Waals surface area (Å²) >= 11 is 0. The van der Waals surface area contributed by atoms with E-state index in [0.717, 1.165) is 5.69 Å². The molecule has 0 aliphatic carbocycles. The molecular weight excluding hydrogens is 271 g/mol. The van der Waals surface area contributed by atoms with Crippen molar-refractivity contribution in [3.8, 4) is 0 Å². The van der Waals surface area contributed by atoms with Gasteiger partial charge in [0.25, 0.3) is 5.91 Å². The van der Waals surface area contributed by atoms with Crippen LogP contribution in [0.1, 0.15) is 35.8 Å². The second-order valence-corrected chi connectivity index (χ2v) is 4.31.